The maximum atomic E-state index is 4.78. The highest BCUT2D eigenvalue weighted by Crippen LogP contribution is 2.26. The van der Waals surface area contributed by atoms with Crippen molar-refractivity contribution in [2.45, 2.75) is 38.6 Å². The van der Waals surface area contributed by atoms with Crippen molar-refractivity contribution in [2.75, 3.05) is 29.9 Å². The molecule has 4 heterocycles. The van der Waals surface area contributed by atoms with E-state index in [0.29, 0.717) is 11.3 Å². The summed E-state index contributed by atoms with van der Waals surface area (Å²) in [4.78, 5) is 11.5. The number of anilines is 2. The Balaban J connectivity index is 1.49. The zero-order chi connectivity index (χ0) is 16.9. The summed E-state index contributed by atoms with van der Waals surface area (Å²) >= 11 is 0. The van der Waals surface area contributed by atoms with E-state index >= 15 is 0 Å². The molecule has 9 heteroatoms. The van der Waals surface area contributed by atoms with Gasteiger partial charge in [0.2, 0.25) is 11.3 Å². The minimum atomic E-state index is 0.438. The summed E-state index contributed by atoms with van der Waals surface area (Å²) in [5, 5.41) is 15.3. The van der Waals surface area contributed by atoms with Crippen LogP contribution in [0.1, 0.15) is 32.1 Å². The van der Waals surface area contributed by atoms with Crippen molar-refractivity contribution in [1.82, 2.24) is 30.1 Å². The molecule has 0 spiro atoms. The molecule has 0 unspecified atom stereocenters. The SMILES string of the molecule is c1cnn(CCCNc2nc3nonc3nc2N2CCCCCC2)c1. The van der Waals surface area contributed by atoms with Gasteiger partial charge in [-0.15, -0.1) is 0 Å². The molecule has 0 aromatic carbocycles. The topological polar surface area (TPSA) is 97.8 Å². The fourth-order valence-electron chi connectivity index (χ4n) is 3.13. The molecule has 1 fully saturated rings. The summed E-state index contributed by atoms with van der Waals surface area (Å²) in [5.74, 6) is 1.61. The van der Waals surface area contributed by atoms with E-state index in [-0.39, 0.29) is 0 Å². The fraction of sp³-hybridized carbons (Fsp3) is 0.562. The molecule has 1 N–H and O–H groups in total. The summed E-state index contributed by atoms with van der Waals surface area (Å²) < 4.78 is 6.70. The van der Waals surface area contributed by atoms with Crippen LogP contribution in [0.4, 0.5) is 11.6 Å². The lowest BCUT2D eigenvalue weighted by Crippen LogP contribution is -2.26. The molecular weight excluding hydrogens is 320 g/mol. The number of hydrogen-bond acceptors (Lipinski definition) is 8. The lowest BCUT2D eigenvalue weighted by Gasteiger charge is -2.23. The minimum absolute atomic E-state index is 0.438. The minimum Gasteiger partial charge on any atom is -0.367 e. The van der Waals surface area contributed by atoms with Gasteiger partial charge in [-0.3, -0.25) is 4.68 Å². The zero-order valence-corrected chi connectivity index (χ0v) is 14.1. The molecule has 3 aromatic heterocycles. The molecule has 3 aromatic rings. The van der Waals surface area contributed by atoms with E-state index in [0.717, 1.165) is 44.2 Å². The second kappa shape index (κ2) is 7.45. The van der Waals surface area contributed by atoms with Gasteiger partial charge >= 0.3 is 0 Å². The van der Waals surface area contributed by atoms with Crippen LogP contribution < -0.4 is 10.2 Å². The van der Waals surface area contributed by atoms with Crippen LogP contribution in [0, 0.1) is 0 Å². The Labute approximate surface area is 145 Å². The third-order valence-corrected chi connectivity index (χ3v) is 4.42. The first-order valence-electron chi connectivity index (χ1n) is 8.87. The van der Waals surface area contributed by atoms with Gasteiger partial charge in [0.1, 0.15) is 0 Å². The molecular formula is C16H22N8O. The summed E-state index contributed by atoms with van der Waals surface area (Å²) in [6, 6.07) is 1.93. The first-order chi connectivity index (χ1) is 12.4. The lowest BCUT2D eigenvalue weighted by molar-refractivity contribution is 0.314. The van der Waals surface area contributed by atoms with Gasteiger partial charge in [-0.1, -0.05) is 12.8 Å². The number of nitrogens with one attached hydrogen (secondary N) is 1. The molecule has 0 bridgehead atoms. The van der Waals surface area contributed by atoms with E-state index in [1.165, 1.54) is 25.7 Å². The van der Waals surface area contributed by atoms with E-state index in [1.807, 2.05) is 16.9 Å². The molecule has 0 atom stereocenters. The van der Waals surface area contributed by atoms with E-state index < -0.39 is 0 Å². The van der Waals surface area contributed by atoms with Crippen molar-refractivity contribution >= 4 is 22.9 Å². The Kier molecular flexibility index (Phi) is 4.71. The summed E-state index contributed by atoms with van der Waals surface area (Å²) in [6.45, 7) is 3.63. The van der Waals surface area contributed by atoms with Crippen molar-refractivity contribution in [1.29, 1.82) is 0 Å². The highest BCUT2D eigenvalue weighted by Gasteiger charge is 2.19. The molecule has 25 heavy (non-hydrogen) atoms. The van der Waals surface area contributed by atoms with Crippen LogP contribution in [0.15, 0.2) is 23.1 Å². The van der Waals surface area contributed by atoms with Crippen LogP contribution in [0.5, 0.6) is 0 Å². The molecule has 4 rings (SSSR count). The predicted octanol–water partition coefficient (Wildman–Crippen LogP) is 2.09. The van der Waals surface area contributed by atoms with Crippen molar-refractivity contribution in [3.05, 3.63) is 18.5 Å². The molecule has 0 aliphatic carbocycles. The van der Waals surface area contributed by atoms with Crippen molar-refractivity contribution in [3.8, 4) is 0 Å². The van der Waals surface area contributed by atoms with Gasteiger partial charge in [0, 0.05) is 38.6 Å². The highest BCUT2D eigenvalue weighted by molar-refractivity contribution is 5.74. The van der Waals surface area contributed by atoms with Gasteiger partial charge in [-0.25, -0.2) is 14.6 Å². The number of aryl methyl sites for hydroxylation is 1. The van der Waals surface area contributed by atoms with E-state index in [4.69, 9.17) is 4.63 Å². The number of aromatic nitrogens is 6. The van der Waals surface area contributed by atoms with Crippen LogP contribution in [0.25, 0.3) is 11.3 Å². The molecule has 0 saturated carbocycles. The average molecular weight is 342 g/mol. The maximum Gasteiger partial charge on any atom is 0.245 e. The fourth-order valence-corrected chi connectivity index (χ4v) is 3.13. The van der Waals surface area contributed by atoms with E-state index in [9.17, 15) is 0 Å². The van der Waals surface area contributed by atoms with Crippen LogP contribution in [0.2, 0.25) is 0 Å². The molecule has 0 amide bonds. The van der Waals surface area contributed by atoms with Crippen molar-refractivity contribution < 1.29 is 4.63 Å². The van der Waals surface area contributed by atoms with Gasteiger partial charge in [-0.2, -0.15) is 5.10 Å². The van der Waals surface area contributed by atoms with Gasteiger partial charge in [0.15, 0.2) is 11.6 Å². The highest BCUT2D eigenvalue weighted by atomic mass is 16.6. The maximum absolute atomic E-state index is 4.78. The lowest BCUT2D eigenvalue weighted by atomic mass is 10.2. The van der Waals surface area contributed by atoms with Gasteiger partial charge in [-0.05, 0) is 35.6 Å². The van der Waals surface area contributed by atoms with Crippen LogP contribution >= 0.6 is 0 Å². The largest absolute Gasteiger partial charge is 0.367 e. The summed E-state index contributed by atoms with van der Waals surface area (Å²) in [7, 11) is 0. The van der Waals surface area contributed by atoms with E-state index in [2.05, 4.69) is 35.6 Å². The summed E-state index contributed by atoms with van der Waals surface area (Å²) in [6.07, 6.45) is 9.59. The normalized spacial score (nSPS) is 15.4. The van der Waals surface area contributed by atoms with Crippen LogP contribution in [-0.2, 0) is 6.54 Å². The number of rotatable bonds is 6. The zero-order valence-electron chi connectivity index (χ0n) is 14.1. The Morgan fingerprint density at radius 1 is 1.04 bits per heavy atom. The predicted molar refractivity (Wildman–Crippen MR) is 93.4 cm³/mol. The molecule has 9 nitrogen and oxygen atoms in total. The smallest absolute Gasteiger partial charge is 0.245 e. The van der Waals surface area contributed by atoms with Crippen LogP contribution in [0.3, 0.4) is 0 Å². The molecule has 132 valence electrons. The Hall–Kier alpha value is -2.71. The molecule has 0 radical (unpaired) electrons. The number of hydrogen-bond donors (Lipinski definition) is 1. The number of nitrogens with zero attached hydrogens (tertiary/aromatic N) is 7. The third-order valence-electron chi connectivity index (χ3n) is 4.42. The van der Waals surface area contributed by atoms with Gasteiger partial charge < -0.3 is 10.2 Å². The van der Waals surface area contributed by atoms with Crippen molar-refractivity contribution in [3.63, 3.8) is 0 Å². The Bertz CT molecular complexity index is 792. The average Bonchev–Trinajstić information content (AvgIpc) is 3.23. The first kappa shape index (κ1) is 15.8. The molecule has 1 saturated heterocycles. The first-order valence-corrected chi connectivity index (χ1v) is 8.87. The number of fused-ring (bicyclic) bond motifs is 1. The van der Waals surface area contributed by atoms with Crippen LogP contribution in [-0.4, -0.2) is 49.7 Å². The van der Waals surface area contributed by atoms with Crippen molar-refractivity contribution in [2.24, 2.45) is 0 Å². The Morgan fingerprint density at radius 3 is 2.60 bits per heavy atom. The standard InChI is InChI=1S/C16H22N8O/c1-2-4-10-23(9-3-1)16-15(19-13-14(20-16)22-25-21-13)17-7-5-11-24-12-6-8-18-24/h6,8,12H,1-5,7,9-11H2,(H,17,19,21). The second-order valence-electron chi connectivity index (χ2n) is 6.26. The Morgan fingerprint density at radius 2 is 1.84 bits per heavy atom. The second-order valence-corrected chi connectivity index (χ2v) is 6.26. The van der Waals surface area contributed by atoms with Gasteiger partial charge in [0.25, 0.3) is 0 Å². The van der Waals surface area contributed by atoms with E-state index in [1.54, 1.807) is 6.20 Å². The molecule has 1 aliphatic rings. The molecule has 1 aliphatic heterocycles. The van der Waals surface area contributed by atoms with Gasteiger partial charge in [0.05, 0.1) is 0 Å². The third kappa shape index (κ3) is 3.70. The summed E-state index contributed by atoms with van der Waals surface area (Å²) in [5.41, 5.74) is 0.898. The quantitative estimate of drug-likeness (QED) is 0.680. The monoisotopic (exact) mass is 342 g/mol.